The highest BCUT2D eigenvalue weighted by Crippen LogP contribution is 2.36. The molecule has 18 heavy (non-hydrogen) atoms. The van der Waals surface area contributed by atoms with Gasteiger partial charge in [-0.2, -0.15) is 8.42 Å². The second-order valence-corrected chi connectivity index (χ2v) is 6.16. The Kier molecular flexibility index (Phi) is 3.33. The zero-order valence-electron chi connectivity index (χ0n) is 9.48. The van der Waals surface area contributed by atoms with E-state index in [4.69, 9.17) is 10.6 Å². The molecule has 0 saturated heterocycles. The van der Waals surface area contributed by atoms with Crippen LogP contribution in [-0.4, -0.2) is 14.7 Å². The van der Waals surface area contributed by atoms with E-state index >= 15 is 0 Å². The second kappa shape index (κ2) is 4.63. The van der Waals surface area contributed by atoms with E-state index < -0.39 is 10.1 Å². The molecule has 0 saturated carbocycles. The molecule has 0 N–H and O–H groups in total. The molecule has 0 spiro atoms. The smallest absolute Gasteiger partial charge is 0.306 e. The molecule has 0 heterocycles. The van der Waals surface area contributed by atoms with E-state index in [1.165, 1.54) is 0 Å². The Hall–Kier alpha value is -1.51. The molecular formula is C13H9BrO3S. The summed E-state index contributed by atoms with van der Waals surface area (Å²) in [5.74, 6) is 2.84. The number of fused-ring (bicyclic) bond motifs is 1. The Labute approximate surface area is 114 Å². The van der Waals surface area contributed by atoms with E-state index in [9.17, 15) is 8.42 Å². The van der Waals surface area contributed by atoms with Crippen molar-refractivity contribution >= 4 is 26.0 Å². The summed E-state index contributed by atoms with van der Waals surface area (Å²) < 4.78 is 27.8. The van der Waals surface area contributed by atoms with Gasteiger partial charge in [0.2, 0.25) is 0 Å². The standard InChI is InChI=1S/C13H9BrO3S/c1-3-9-8-13(14)12-7-5-10(4-6-11(9)12)17-18(2,15)16/h1,4-8H,2H3. The highest BCUT2D eigenvalue weighted by Gasteiger charge is 2.12. The van der Waals surface area contributed by atoms with Gasteiger partial charge >= 0.3 is 10.1 Å². The maximum Gasteiger partial charge on any atom is 0.306 e. The van der Waals surface area contributed by atoms with Crippen molar-refractivity contribution in [3.05, 3.63) is 40.4 Å². The molecule has 0 aromatic rings. The lowest BCUT2D eigenvalue weighted by atomic mass is 10.1. The first-order valence-electron chi connectivity index (χ1n) is 4.99. The third kappa shape index (κ3) is 2.66. The van der Waals surface area contributed by atoms with Crippen molar-refractivity contribution in [1.29, 1.82) is 0 Å². The van der Waals surface area contributed by atoms with Gasteiger partial charge in [0.15, 0.2) is 0 Å². The van der Waals surface area contributed by atoms with Gasteiger partial charge in [-0.25, -0.2) is 0 Å². The minimum absolute atomic E-state index is 0.253. The summed E-state index contributed by atoms with van der Waals surface area (Å²) in [6, 6.07) is 8.53. The molecule has 0 atom stereocenters. The van der Waals surface area contributed by atoms with E-state index in [1.807, 2.05) is 6.07 Å². The van der Waals surface area contributed by atoms with Gasteiger partial charge in [0, 0.05) is 10.0 Å². The average Bonchev–Trinajstić information content (AvgIpc) is 2.44. The van der Waals surface area contributed by atoms with Gasteiger partial charge in [-0.1, -0.05) is 21.9 Å². The highest BCUT2D eigenvalue weighted by molar-refractivity contribution is 9.10. The van der Waals surface area contributed by atoms with Crippen molar-refractivity contribution in [3.63, 3.8) is 0 Å². The fourth-order valence-corrected chi connectivity index (χ4v) is 2.68. The summed E-state index contributed by atoms with van der Waals surface area (Å²) in [4.78, 5) is 0. The number of terminal acetylenes is 1. The molecule has 0 aromatic heterocycles. The maximum absolute atomic E-state index is 11.1. The minimum atomic E-state index is -3.53. The predicted octanol–water partition coefficient (Wildman–Crippen LogP) is 2.87. The zero-order valence-corrected chi connectivity index (χ0v) is 11.9. The largest absolute Gasteiger partial charge is 0.383 e. The molecule has 0 fully saturated rings. The molecular weight excluding hydrogens is 316 g/mol. The third-order valence-corrected chi connectivity index (χ3v) is 3.49. The Morgan fingerprint density at radius 3 is 2.39 bits per heavy atom. The first-order valence-corrected chi connectivity index (χ1v) is 7.60. The lowest BCUT2D eigenvalue weighted by molar-refractivity contribution is 0.493. The zero-order chi connectivity index (χ0) is 13.3. The van der Waals surface area contributed by atoms with E-state index in [0.29, 0.717) is 0 Å². The number of hydrogen-bond acceptors (Lipinski definition) is 3. The van der Waals surface area contributed by atoms with Crippen LogP contribution < -0.4 is 4.18 Å². The molecule has 0 aliphatic heterocycles. The summed E-state index contributed by atoms with van der Waals surface area (Å²) in [6.45, 7) is 0. The minimum Gasteiger partial charge on any atom is -0.383 e. The monoisotopic (exact) mass is 324 g/mol. The van der Waals surface area contributed by atoms with Crippen molar-refractivity contribution < 1.29 is 12.6 Å². The Morgan fingerprint density at radius 1 is 1.22 bits per heavy atom. The van der Waals surface area contributed by atoms with Gasteiger partial charge in [0.05, 0.1) is 6.26 Å². The second-order valence-electron chi connectivity index (χ2n) is 3.73. The maximum atomic E-state index is 11.1. The Bertz CT molecular complexity index is 714. The number of halogens is 1. The molecule has 0 amide bonds. The summed E-state index contributed by atoms with van der Waals surface area (Å²) >= 11 is 3.41. The van der Waals surface area contributed by atoms with Crippen LogP contribution in [0.1, 0.15) is 5.56 Å². The molecule has 2 aliphatic rings. The van der Waals surface area contributed by atoms with Crippen LogP contribution in [0.25, 0.3) is 11.1 Å². The van der Waals surface area contributed by atoms with Gasteiger partial charge in [-0.05, 0) is 41.5 Å². The first-order chi connectivity index (χ1) is 8.40. The van der Waals surface area contributed by atoms with E-state index in [1.54, 1.807) is 24.3 Å². The first kappa shape index (κ1) is 12.9. The van der Waals surface area contributed by atoms with Crippen LogP contribution in [0.15, 0.2) is 34.8 Å². The third-order valence-electron chi connectivity index (χ3n) is 2.34. The molecule has 2 aliphatic carbocycles. The van der Waals surface area contributed by atoms with Crippen molar-refractivity contribution in [3.8, 4) is 29.2 Å². The predicted molar refractivity (Wildman–Crippen MR) is 74.2 cm³/mol. The van der Waals surface area contributed by atoms with Crippen molar-refractivity contribution in [2.24, 2.45) is 0 Å². The molecule has 2 rings (SSSR count). The topological polar surface area (TPSA) is 43.4 Å². The summed E-state index contributed by atoms with van der Waals surface area (Å²) in [5.41, 5.74) is 2.53. The highest BCUT2D eigenvalue weighted by atomic mass is 79.9. The van der Waals surface area contributed by atoms with E-state index in [-0.39, 0.29) is 5.75 Å². The fraction of sp³-hybridized carbons (Fsp3) is 0.0769. The lowest BCUT2D eigenvalue weighted by Gasteiger charge is -1.98. The average molecular weight is 325 g/mol. The van der Waals surface area contributed by atoms with Gasteiger partial charge < -0.3 is 4.18 Å². The lowest BCUT2D eigenvalue weighted by Crippen LogP contribution is -2.04. The van der Waals surface area contributed by atoms with Gasteiger partial charge in [-0.15, -0.1) is 6.42 Å². The fourth-order valence-electron chi connectivity index (χ4n) is 1.64. The van der Waals surface area contributed by atoms with E-state index in [2.05, 4.69) is 21.9 Å². The quantitative estimate of drug-likeness (QED) is 0.630. The SMILES string of the molecule is C#Cc1cc(Br)c2ccc(OS(C)(=O)=O)ccc1-2. The van der Waals surface area contributed by atoms with E-state index in [0.717, 1.165) is 27.4 Å². The number of rotatable bonds is 2. The van der Waals surface area contributed by atoms with Gasteiger partial charge in [-0.3, -0.25) is 0 Å². The Morgan fingerprint density at radius 2 is 1.83 bits per heavy atom. The molecule has 0 bridgehead atoms. The Balaban J connectivity index is 2.58. The van der Waals surface area contributed by atoms with Crippen molar-refractivity contribution in [1.82, 2.24) is 0 Å². The molecule has 0 radical (unpaired) electrons. The summed E-state index contributed by atoms with van der Waals surface area (Å²) in [6.07, 6.45) is 6.41. The molecule has 0 unspecified atom stereocenters. The van der Waals surface area contributed by atoms with Crippen LogP contribution in [0, 0.1) is 12.3 Å². The van der Waals surface area contributed by atoms with Gasteiger partial charge in [0.1, 0.15) is 5.75 Å². The summed E-state index contributed by atoms with van der Waals surface area (Å²) in [7, 11) is -3.53. The van der Waals surface area contributed by atoms with Crippen LogP contribution in [0.5, 0.6) is 5.75 Å². The van der Waals surface area contributed by atoms with Crippen LogP contribution in [0.2, 0.25) is 0 Å². The summed E-state index contributed by atoms with van der Waals surface area (Å²) in [5, 5.41) is 0. The van der Waals surface area contributed by atoms with Crippen LogP contribution in [0.4, 0.5) is 0 Å². The van der Waals surface area contributed by atoms with Crippen molar-refractivity contribution in [2.45, 2.75) is 0 Å². The molecule has 0 aromatic carbocycles. The van der Waals surface area contributed by atoms with Crippen LogP contribution in [-0.2, 0) is 10.1 Å². The number of hydrogen-bond donors (Lipinski definition) is 0. The molecule has 5 heteroatoms. The van der Waals surface area contributed by atoms with Crippen LogP contribution >= 0.6 is 15.9 Å². The molecule has 3 nitrogen and oxygen atoms in total. The van der Waals surface area contributed by atoms with Crippen molar-refractivity contribution in [2.75, 3.05) is 6.26 Å². The van der Waals surface area contributed by atoms with Crippen LogP contribution in [0.3, 0.4) is 0 Å². The molecule has 92 valence electrons. The normalized spacial score (nSPS) is 11.2. The van der Waals surface area contributed by atoms with Gasteiger partial charge in [0.25, 0.3) is 0 Å².